The molecule has 4 saturated carbocycles. The second-order valence-electron chi connectivity index (χ2n) is 12.5. The van der Waals surface area contributed by atoms with Crippen LogP contribution in [0.3, 0.4) is 0 Å². The monoisotopic (exact) mass is 403 g/mol. The zero-order valence-electron chi connectivity index (χ0n) is 19.2. The van der Waals surface area contributed by atoms with E-state index in [4.69, 9.17) is 0 Å². The van der Waals surface area contributed by atoms with Gasteiger partial charge in [0, 0.05) is 5.54 Å². The number of nitrogens with one attached hydrogen (secondary N) is 1. The molecule has 166 valence electrons. The van der Waals surface area contributed by atoms with E-state index in [2.05, 4.69) is 33.0 Å². The van der Waals surface area contributed by atoms with E-state index in [-0.39, 0.29) is 11.6 Å². The molecule has 0 radical (unpaired) electrons. The Bertz CT molecular complexity index is 622. The number of fused-ring (bicyclic) bond motifs is 3. The maximum absolute atomic E-state index is 10.6. The first-order valence-electron chi connectivity index (χ1n) is 12.9. The fraction of sp³-hybridized carbons (Fsp3) is 1.00. The molecule has 0 aromatic rings. The van der Waals surface area contributed by atoms with E-state index in [1.807, 2.05) is 0 Å². The van der Waals surface area contributed by atoms with E-state index < -0.39 is 12.2 Å². The number of hydrogen-bond acceptors (Lipinski definition) is 3. The third-order valence-corrected chi connectivity index (χ3v) is 10.9. The summed E-state index contributed by atoms with van der Waals surface area (Å²) in [7, 11) is 0. The van der Waals surface area contributed by atoms with Crippen molar-refractivity contribution in [2.24, 2.45) is 46.8 Å². The Hall–Kier alpha value is -0.120. The lowest BCUT2D eigenvalue weighted by Crippen LogP contribution is -2.57. The normalized spacial score (nSPS) is 54.3. The van der Waals surface area contributed by atoms with Crippen molar-refractivity contribution >= 4 is 0 Å². The Kier molecular flexibility index (Phi) is 5.16. The summed E-state index contributed by atoms with van der Waals surface area (Å²) in [5.74, 6) is 5.68. The molecule has 0 bridgehead atoms. The lowest BCUT2D eigenvalue weighted by molar-refractivity contribution is -0.0862. The van der Waals surface area contributed by atoms with Crippen LogP contribution in [0.25, 0.3) is 0 Å². The van der Waals surface area contributed by atoms with Gasteiger partial charge in [-0.05, 0) is 91.8 Å². The molecule has 5 unspecified atom stereocenters. The van der Waals surface area contributed by atoms with Crippen molar-refractivity contribution in [1.29, 1.82) is 0 Å². The van der Waals surface area contributed by atoms with Crippen molar-refractivity contribution in [3.8, 4) is 0 Å². The Balaban J connectivity index is 1.31. The number of rotatable bonds is 5. The van der Waals surface area contributed by atoms with Crippen LogP contribution in [-0.2, 0) is 0 Å². The van der Waals surface area contributed by atoms with Gasteiger partial charge in [-0.15, -0.1) is 0 Å². The van der Waals surface area contributed by atoms with Crippen LogP contribution < -0.4 is 5.32 Å². The Morgan fingerprint density at radius 2 is 1.76 bits per heavy atom. The molecule has 1 aliphatic heterocycles. The highest BCUT2D eigenvalue weighted by atomic mass is 16.3. The fourth-order valence-electron chi connectivity index (χ4n) is 9.51. The van der Waals surface area contributed by atoms with Gasteiger partial charge < -0.3 is 15.5 Å². The molecule has 0 aromatic carbocycles. The maximum Gasteiger partial charge on any atom is 0.0970 e. The smallest absolute Gasteiger partial charge is 0.0970 e. The van der Waals surface area contributed by atoms with Gasteiger partial charge in [-0.25, -0.2) is 0 Å². The van der Waals surface area contributed by atoms with Crippen LogP contribution in [-0.4, -0.2) is 34.0 Å². The Morgan fingerprint density at radius 3 is 2.52 bits per heavy atom. The third-order valence-electron chi connectivity index (χ3n) is 10.9. The highest BCUT2D eigenvalue weighted by Crippen LogP contribution is 2.68. The minimum atomic E-state index is -0.546. The molecular formula is C26H45NO2. The van der Waals surface area contributed by atoms with E-state index in [0.29, 0.717) is 11.3 Å². The predicted octanol–water partition coefficient (Wildman–Crippen LogP) is 4.75. The minimum absolute atomic E-state index is 0.167. The molecular weight excluding hydrogens is 358 g/mol. The van der Waals surface area contributed by atoms with Crippen molar-refractivity contribution in [1.82, 2.24) is 5.32 Å². The van der Waals surface area contributed by atoms with Gasteiger partial charge in [0.2, 0.25) is 0 Å². The van der Waals surface area contributed by atoms with Crippen LogP contribution in [0.5, 0.6) is 0 Å². The van der Waals surface area contributed by atoms with Crippen LogP contribution in [0.4, 0.5) is 0 Å². The van der Waals surface area contributed by atoms with Gasteiger partial charge in [0.15, 0.2) is 0 Å². The average Bonchev–Trinajstić information content (AvgIpc) is 3.31. The first-order chi connectivity index (χ1) is 13.8. The van der Waals surface area contributed by atoms with Gasteiger partial charge in [-0.1, -0.05) is 47.0 Å². The lowest BCUT2D eigenvalue weighted by Gasteiger charge is -2.56. The standard InChI is InChI=1S/C26H45NO2/c1-15(2)6-5-7-16(3)19-10-11-20-18-9-8-17-14-22(28)23(29)24-26(17,27-24)21(18)12-13-25(19,20)4/h15-24,27-29H,5-14H2,1-4H3/t16-,17?,18?,19?,20?,21?,22-,23-,24+,25-,26-/m1/s1. The molecule has 0 aromatic heterocycles. The second kappa shape index (κ2) is 7.20. The molecule has 3 N–H and O–H groups in total. The second-order valence-corrected chi connectivity index (χ2v) is 12.5. The molecule has 1 saturated heterocycles. The molecule has 4 aliphatic carbocycles. The summed E-state index contributed by atoms with van der Waals surface area (Å²) in [5, 5.41) is 24.7. The summed E-state index contributed by atoms with van der Waals surface area (Å²) in [4.78, 5) is 0. The summed E-state index contributed by atoms with van der Waals surface area (Å²) in [6, 6.07) is 0.167. The van der Waals surface area contributed by atoms with Crippen LogP contribution in [0.2, 0.25) is 0 Å². The van der Waals surface area contributed by atoms with Crippen molar-refractivity contribution in [2.45, 2.75) is 116 Å². The summed E-state index contributed by atoms with van der Waals surface area (Å²) in [6.45, 7) is 9.92. The van der Waals surface area contributed by atoms with E-state index in [1.165, 1.54) is 57.8 Å². The first kappa shape index (κ1) is 20.8. The van der Waals surface area contributed by atoms with Gasteiger partial charge >= 0.3 is 0 Å². The fourth-order valence-corrected chi connectivity index (χ4v) is 9.51. The third kappa shape index (κ3) is 3.00. The van der Waals surface area contributed by atoms with Gasteiger partial charge in [0.25, 0.3) is 0 Å². The van der Waals surface area contributed by atoms with E-state index >= 15 is 0 Å². The number of hydrogen-bond donors (Lipinski definition) is 3. The summed E-state index contributed by atoms with van der Waals surface area (Å²) < 4.78 is 0. The predicted molar refractivity (Wildman–Crippen MR) is 117 cm³/mol. The molecule has 29 heavy (non-hydrogen) atoms. The van der Waals surface area contributed by atoms with E-state index in [0.717, 1.165) is 41.9 Å². The highest BCUT2D eigenvalue weighted by Gasteiger charge is 2.73. The molecule has 5 rings (SSSR count). The average molecular weight is 404 g/mol. The van der Waals surface area contributed by atoms with E-state index in [1.54, 1.807) is 0 Å². The molecule has 1 spiro atoms. The highest BCUT2D eigenvalue weighted by molar-refractivity contribution is 5.30. The largest absolute Gasteiger partial charge is 0.390 e. The van der Waals surface area contributed by atoms with Crippen molar-refractivity contribution in [3.05, 3.63) is 0 Å². The number of aliphatic hydroxyl groups is 2. The number of aliphatic hydroxyl groups excluding tert-OH is 2. The van der Waals surface area contributed by atoms with Crippen molar-refractivity contribution < 1.29 is 10.2 Å². The maximum atomic E-state index is 10.6. The molecule has 5 aliphatic rings. The molecule has 3 nitrogen and oxygen atoms in total. The van der Waals surface area contributed by atoms with Crippen molar-refractivity contribution in [3.63, 3.8) is 0 Å². The first-order valence-corrected chi connectivity index (χ1v) is 12.9. The lowest BCUT2D eigenvalue weighted by atomic mass is 9.48. The van der Waals surface area contributed by atoms with Crippen LogP contribution in [0, 0.1) is 46.8 Å². The molecule has 1 heterocycles. The van der Waals surface area contributed by atoms with Crippen LogP contribution in [0.15, 0.2) is 0 Å². The van der Waals surface area contributed by atoms with Gasteiger partial charge in [0.05, 0.1) is 18.2 Å². The van der Waals surface area contributed by atoms with Crippen LogP contribution >= 0.6 is 0 Å². The molecule has 5 fully saturated rings. The van der Waals surface area contributed by atoms with Crippen molar-refractivity contribution in [2.75, 3.05) is 0 Å². The quantitative estimate of drug-likeness (QED) is 0.580. The molecule has 3 heteroatoms. The zero-order valence-corrected chi connectivity index (χ0v) is 19.2. The SMILES string of the molecule is CC(C)CCC[C@@H](C)C1CCC2C3CCC4C[C@@H](O)[C@@H](O)[C@@H]5N[C@@]45C3CC[C@@]21C. The Morgan fingerprint density at radius 1 is 0.966 bits per heavy atom. The Labute approximate surface area is 178 Å². The summed E-state index contributed by atoms with van der Waals surface area (Å²) >= 11 is 0. The van der Waals surface area contributed by atoms with Gasteiger partial charge in [-0.3, -0.25) is 0 Å². The topological polar surface area (TPSA) is 62.4 Å². The summed E-state index contributed by atoms with van der Waals surface area (Å²) in [5.41, 5.74) is 0.711. The molecule has 0 amide bonds. The summed E-state index contributed by atoms with van der Waals surface area (Å²) in [6.07, 6.45) is 12.2. The van der Waals surface area contributed by atoms with E-state index in [9.17, 15) is 10.2 Å². The van der Waals surface area contributed by atoms with Crippen LogP contribution in [0.1, 0.15) is 91.9 Å². The van der Waals surface area contributed by atoms with Gasteiger partial charge in [-0.2, -0.15) is 0 Å². The minimum Gasteiger partial charge on any atom is -0.390 e. The molecule has 11 atom stereocenters. The zero-order chi connectivity index (χ0) is 20.6. The van der Waals surface area contributed by atoms with Gasteiger partial charge in [0.1, 0.15) is 0 Å².